The highest BCUT2D eigenvalue weighted by molar-refractivity contribution is 6.04. The van der Waals surface area contributed by atoms with Crippen molar-refractivity contribution in [2.45, 2.75) is 40.5 Å². The second-order valence-electron chi connectivity index (χ2n) is 5.62. The highest BCUT2D eigenvalue weighted by atomic mass is 16.2. The number of hydrogen-bond donors (Lipinski definition) is 1. The van der Waals surface area contributed by atoms with Gasteiger partial charge in [-0.05, 0) is 36.8 Å². The lowest BCUT2D eigenvalue weighted by Crippen LogP contribution is -2.22. The van der Waals surface area contributed by atoms with Gasteiger partial charge in [-0.25, -0.2) is 0 Å². The molecule has 2 rings (SSSR count). The van der Waals surface area contributed by atoms with Crippen LogP contribution in [0.25, 0.3) is 0 Å². The van der Waals surface area contributed by atoms with Gasteiger partial charge in [-0.1, -0.05) is 38.5 Å². The largest absolute Gasteiger partial charge is 0.325 e. The second kappa shape index (κ2) is 4.17. The molecular weight excluding hydrogens is 210 g/mol. The molecule has 2 atom stereocenters. The number of rotatable bonds is 2. The summed E-state index contributed by atoms with van der Waals surface area (Å²) in [5.74, 6) is 1.06. The van der Waals surface area contributed by atoms with E-state index in [1.54, 1.807) is 0 Å². The highest BCUT2D eigenvalue weighted by Gasteiger charge is 2.36. The Morgan fingerprint density at radius 1 is 1.18 bits per heavy atom. The van der Waals surface area contributed by atoms with E-state index in [0.717, 1.165) is 5.69 Å². The number of anilines is 1. The van der Waals surface area contributed by atoms with Crippen molar-refractivity contribution >= 4 is 11.6 Å². The molecule has 0 saturated carbocycles. The third-order valence-electron chi connectivity index (χ3n) is 3.95. The number of nitrogens with one attached hydrogen (secondary N) is 1. The van der Waals surface area contributed by atoms with Gasteiger partial charge in [0.2, 0.25) is 5.91 Å². The van der Waals surface area contributed by atoms with Gasteiger partial charge in [0.25, 0.3) is 0 Å². The van der Waals surface area contributed by atoms with E-state index in [1.165, 1.54) is 16.7 Å². The molecule has 1 aliphatic rings. The van der Waals surface area contributed by atoms with Crippen molar-refractivity contribution in [2.24, 2.45) is 11.8 Å². The molecule has 1 N–H and O–H groups in total. The summed E-state index contributed by atoms with van der Waals surface area (Å²) in [6, 6.07) is 4.28. The third-order valence-corrected chi connectivity index (χ3v) is 3.95. The molecule has 0 radical (unpaired) electrons. The fourth-order valence-electron chi connectivity index (χ4n) is 2.67. The number of benzene rings is 1. The zero-order valence-corrected chi connectivity index (χ0v) is 11.3. The van der Waals surface area contributed by atoms with Crippen molar-refractivity contribution < 1.29 is 4.79 Å². The van der Waals surface area contributed by atoms with Crippen molar-refractivity contribution in [3.63, 3.8) is 0 Å². The van der Waals surface area contributed by atoms with Crippen LogP contribution < -0.4 is 5.32 Å². The predicted octanol–water partition coefficient (Wildman–Crippen LogP) is 3.63. The summed E-state index contributed by atoms with van der Waals surface area (Å²) in [5.41, 5.74) is 4.64. The molecule has 0 spiro atoms. The Morgan fingerprint density at radius 3 is 2.41 bits per heavy atom. The summed E-state index contributed by atoms with van der Waals surface area (Å²) in [7, 11) is 0. The van der Waals surface area contributed by atoms with Crippen LogP contribution in [0.1, 0.15) is 43.4 Å². The van der Waals surface area contributed by atoms with E-state index in [2.05, 4.69) is 52.1 Å². The fourth-order valence-corrected chi connectivity index (χ4v) is 2.67. The van der Waals surface area contributed by atoms with Crippen LogP contribution in [0.4, 0.5) is 5.69 Å². The molecule has 2 nitrogen and oxygen atoms in total. The average molecular weight is 231 g/mol. The van der Waals surface area contributed by atoms with Crippen molar-refractivity contribution in [3.8, 4) is 0 Å². The minimum absolute atomic E-state index is 0.0172. The molecule has 0 saturated heterocycles. The molecule has 1 aromatic carbocycles. The topological polar surface area (TPSA) is 29.1 Å². The van der Waals surface area contributed by atoms with E-state index >= 15 is 0 Å². The minimum atomic E-state index is 0.0172. The van der Waals surface area contributed by atoms with Gasteiger partial charge in [0, 0.05) is 5.69 Å². The van der Waals surface area contributed by atoms with Crippen LogP contribution in [-0.2, 0) is 4.79 Å². The van der Waals surface area contributed by atoms with Crippen LogP contribution in [0.2, 0.25) is 0 Å². The van der Waals surface area contributed by atoms with Gasteiger partial charge in [0.1, 0.15) is 0 Å². The normalized spacial score (nSPS) is 20.4. The van der Waals surface area contributed by atoms with Crippen LogP contribution >= 0.6 is 0 Å². The minimum Gasteiger partial charge on any atom is -0.325 e. The number of fused-ring (bicyclic) bond motifs is 1. The molecule has 2 unspecified atom stereocenters. The lowest BCUT2D eigenvalue weighted by Gasteiger charge is -2.21. The van der Waals surface area contributed by atoms with E-state index in [9.17, 15) is 4.79 Å². The molecule has 1 aromatic rings. The van der Waals surface area contributed by atoms with E-state index < -0.39 is 0 Å². The maximum atomic E-state index is 12.1. The van der Waals surface area contributed by atoms with Gasteiger partial charge < -0.3 is 5.32 Å². The summed E-state index contributed by atoms with van der Waals surface area (Å²) in [6.45, 7) is 10.7. The molecule has 0 bridgehead atoms. The number of aryl methyl sites for hydroxylation is 2. The SMILES string of the molecule is Cc1cc(C)c2c(c1)C(C(C)C(C)C)C(=O)N2. The molecule has 0 aliphatic carbocycles. The van der Waals surface area contributed by atoms with Crippen molar-refractivity contribution in [1.82, 2.24) is 0 Å². The Balaban J connectivity index is 2.50. The molecule has 2 heteroatoms. The van der Waals surface area contributed by atoms with Crippen molar-refractivity contribution in [2.75, 3.05) is 5.32 Å². The molecule has 0 aromatic heterocycles. The molecule has 0 fully saturated rings. The number of carbonyl (C=O) groups excluding carboxylic acids is 1. The Bertz CT molecular complexity index is 462. The van der Waals surface area contributed by atoms with Crippen LogP contribution in [0, 0.1) is 25.7 Å². The number of hydrogen-bond acceptors (Lipinski definition) is 1. The van der Waals surface area contributed by atoms with E-state index in [-0.39, 0.29) is 11.8 Å². The standard InChI is InChI=1S/C15H21NO/c1-8(2)11(5)13-12-7-9(3)6-10(4)14(12)16-15(13)17/h6-8,11,13H,1-5H3,(H,16,17). The summed E-state index contributed by atoms with van der Waals surface area (Å²) in [6.07, 6.45) is 0. The van der Waals surface area contributed by atoms with Gasteiger partial charge in [0.15, 0.2) is 0 Å². The van der Waals surface area contributed by atoms with Gasteiger partial charge in [0.05, 0.1) is 5.92 Å². The van der Waals surface area contributed by atoms with Crippen molar-refractivity contribution in [1.29, 1.82) is 0 Å². The van der Waals surface area contributed by atoms with E-state index in [4.69, 9.17) is 0 Å². The first-order valence-corrected chi connectivity index (χ1v) is 6.33. The van der Waals surface area contributed by atoms with Crippen molar-refractivity contribution in [3.05, 3.63) is 28.8 Å². The number of amides is 1. The van der Waals surface area contributed by atoms with E-state index in [0.29, 0.717) is 11.8 Å². The summed E-state index contributed by atoms with van der Waals surface area (Å²) < 4.78 is 0. The van der Waals surface area contributed by atoms with Crippen LogP contribution in [-0.4, -0.2) is 5.91 Å². The first-order chi connectivity index (χ1) is 7.91. The Hall–Kier alpha value is -1.31. The van der Waals surface area contributed by atoms with Crippen LogP contribution in [0.5, 0.6) is 0 Å². The zero-order chi connectivity index (χ0) is 12.7. The predicted molar refractivity (Wildman–Crippen MR) is 71.3 cm³/mol. The zero-order valence-electron chi connectivity index (χ0n) is 11.3. The first kappa shape index (κ1) is 12.2. The lowest BCUT2D eigenvalue weighted by molar-refractivity contribution is -0.118. The molecular formula is C15H21NO. The molecule has 92 valence electrons. The summed E-state index contributed by atoms with van der Waals surface area (Å²) in [4.78, 5) is 12.1. The maximum absolute atomic E-state index is 12.1. The first-order valence-electron chi connectivity index (χ1n) is 6.33. The second-order valence-corrected chi connectivity index (χ2v) is 5.62. The van der Waals surface area contributed by atoms with Crippen LogP contribution in [0.15, 0.2) is 12.1 Å². The fraction of sp³-hybridized carbons (Fsp3) is 0.533. The van der Waals surface area contributed by atoms with E-state index in [1.807, 2.05) is 0 Å². The Morgan fingerprint density at radius 2 is 1.82 bits per heavy atom. The maximum Gasteiger partial charge on any atom is 0.232 e. The molecule has 17 heavy (non-hydrogen) atoms. The summed E-state index contributed by atoms with van der Waals surface area (Å²) >= 11 is 0. The monoisotopic (exact) mass is 231 g/mol. The summed E-state index contributed by atoms with van der Waals surface area (Å²) in [5, 5.41) is 3.04. The van der Waals surface area contributed by atoms with Gasteiger partial charge in [-0.2, -0.15) is 0 Å². The smallest absolute Gasteiger partial charge is 0.232 e. The third kappa shape index (κ3) is 1.97. The Labute approximate surface area is 103 Å². The van der Waals surface area contributed by atoms with Gasteiger partial charge in [-0.3, -0.25) is 4.79 Å². The molecule has 1 amide bonds. The molecule has 1 aliphatic heterocycles. The lowest BCUT2D eigenvalue weighted by atomic mass is 9.80. The van der Waals surface area contributed by atoms with Gasteiger partial charge >= 0.3 is 0 Å². The van der Waals surface area contributed by atoms with Crippen LogP contribution in [0.3, 0.4) is 0 Å². The average Bonchev–Trinajstić information content (AvgIpc) is 2.54. The highest BCUT2D eigenvalue weighted by Crippen LogP contribution is 2.41. The Kier molecular flexibility index (Phi) is 2.98. The number of carbonyl (C=O) groups is 1. The molecule has 1 heterocycles. The quantitative estimate of drug-likeness (QED) is 0.827. The van der Waals surface area contributed by atoms with Gasteiger partial charge in [-0.15, -0.1) is 0 Å².